The van der Waals surface area contributed by atoms with Gasteiger partial charge in [-0.1, -0.05) is 23.1 Å². The average Bonchev–Trinajstić information content (AvgIpc) is 3.35. The molecule has 3 aromatic heterocycles. The van der Waals surface area contributed by atoms with E-state index >= 15 is 0 Å². The summed E-state index contributed by atoms with van der Waals surface area (Å²) in [5, 5.41) is 14.2. The molecular formula is C16H17N5O2S3. The molecule has 26 heavy (non-hydrogen) atoms. The number of anilines is 1. The quantitative estimate of drug-likeness (QED) is 0.509. The van der Waals surface area contributed by atoms with E-state index in [1.807, 2.05) is 0 Å². The van der Waals surface area contributed by atoms with Gasteiger partial charge in [-0.15, -0.1) is 21.5 Å². The van der Waals surface area contributed by atoms with Gasteiger partial charge in [0, 0.05) is 16.9 Å². The normalized spacial score (nSPS) is 17.1. The summed E-state index contributed by atoms with van der Waals surface area (Å²) in [6, 6.07) is 0. The smallest absolute Gasteiger partial charge is 0.236 e. The van der Waals surface area contributed by atoms with Gasteiger partial charge in [0.2, 0.25) is 11.0 Å². The maximum absolute atomic E-state index is 12.3. The highest BCUT2D eigenvalue weighted by molar-refractivity contribution is 8.00. The van der Waals surface area contributed by atoms with Gasteiger partial charge in [0.1, 0.15) is 27.3 Å². The molecule has 1 unspecified atom stereocenters. The molecule has 4 rings (SSSR count). The lowest BCUT2D eigenvalue weighted by molar-refractivity contribution is -0.113. The summed E-state index contributed by atoms with van der Waals surface area (Å²) in [7, 11) is 0. The molecule has 1 aliphatic heterocycles. The van der Waals surface area contributed by atoms with Gasteiger partial charge in [-0.05, 0) is 32.3 Å². The van der Waals surface area contributed by atoms with Gasteiger partial charge < -0.3 is 4.74 Å². The van der Waals surface area contributed by atoms with Gasteiger partial charge in [-0.25, -0.2) is 9.97 Å². The van der Waals surface area contributed by atoms with Crippen LogP contribution in [0.4, 0.5) is 5.13 Å². The largest absolute Gasteiger partial charge is 0.371 e. The topological polar surface area (TPSA) is 89.9 Å². The molecule has 136 valence electrons. The molecule has 0 radical (unpaired) electrons. The van der Waals surface area contributed by atoms with Crippen LogP contribution in [-0.4, -0.2) is 38.4 Å². The molecule has 3 aromatic rings. The summed E-state index contributed by atoms with van der Waals surface area (Å²) < 4.78 is 5.59. The first-order valence-electron chi connectivity index (χ1n) is 8.20. The number of nitrogens with one attached hydrogen (secondary N) is 1. The lowest BCUT2D eigenvalue weighted by Gasteiger charge is -2.04. The second kappa shape index (κ2) is 7.55. The predicted octanol–water partition coefficient (Wildman–Crippen LogP) is 3.74. The summed E-state index contributed by atoms with van der Waals surface area (Å²) in [5.41, 5.74) is 1.18. The van der Waals surface area contributed by atoms with Crippen molar-refractivity contribution in [1.29, 1.82) is 0 Å². The van der Waals surface area contributed by atoms with Gasteiger partial charge in [-0.3, -0.25) is 10.1 Å². The van der Waals surface area contributed by atoms with E-state index in [1.54, 1.807) is 17.7 Å². The van der Waals surface area contributed by atoms with E-state index in [2.05, 4.69) is 39.3 Å². The Labute approximate surface area is 162 Å². The van der Waals surface area contributed by atoms with E-state index in [0.717, 1.165) is 39.7 Å². The van der Waals surface area contributed by atoms with E-state index in [9.17, 15) is 4.79 Å². The van der Waals surface area contributed by atoms with Gasteiger partial charge in [0.15, 0.2) is 0 Å². The monoisotopic (exact) mass is 407 g/mol. The summed E-state index contributed by atoms with van der Waals surface area (Å²) >= 11 is 4.44. The van der Waals surface area contributed by atoms with Crippen molar-refractivity contribution in [3.63, 3.8) is 0 Å². The Morgan fingerprint density at radius 1 is 1.35 bits per heavy atom. The number of aromatic nitrogens is 4. The van der Waals surface area contributed by atoms with Crippen LogP contribution in [0.15, 0.2) is 11.4 Å². The molecule has 0 saturated carbocycles. The number of thioether (sulfide) groups is 1. The minimum Gasteiger partial charge on any atom is -0.371 e. The number of hydrogen-bond acceptors (Lipinski definition) is 9. The van der Waals surface area contributed by atoms with Gasteiger partial charge >= 0.3 is 0 Å². The highest BCUT2D eigenvalue weighted by Crippen LogP contribution is 2.35. The summed E-state index contributed by atoms with van der Waals surface area (Å²) in [6.07, 6.45) is 3.57. The second-order valence-corrected chi connectivity index (χ2v) is 9.10. The van der Waals surface area contributed by atoms with Crippen molar-refractivity contribution >= 4 is 55.7 Å². The molecule has 0 aromatic carbocycles. The van der Waals surface area contributed by atoms with E-state index in [-0.39, 0.29) is 17.8 Å². The Balaban J connectivity index is 1.40. The van der Waals surface area contributed by atoms with E-state index in [1.165, 1.54) is 33.5 Å². The Hall–Kier alpha value is -1.62. The number of aryl methyl sites for hydroxylation is 2. The Morgan fingerprint density at radius 3 is 3.04 bits per heavy atom. The molecule has 1 amide bonds. The van der Waals surface area contributed by atoms with Crippen molar-refractivity contribution in [2.24, 2.45) is 0 Å². The molecule has 1 atom stereocenters. The van der Waals surface area contributed by atoms with E-state index in [0.29, 0.717) is 5.13 Å². The van der Waals surface area contributed by atoms with Crippen molar-refractivity contribution in [2.75, 3.05) is 17.7 Å². The van der Waals surface area contributed by atoms with Crippen LogP contribution in [0.5, 0.6) is 0 Å². The fourth-order valence-electron chi connectivity index (χ4n) is 2.74. The standard InChI is InChI=1S/C16H17N5O2S3/c1-8-9(2)25-15-12(8)14(17-7-18-15)24-6-11(22)19-16-21-20-13(26-16)10-4-3-5-23-10/h7,10H,3-6H2,1-2H3,(H,19,21,22). The van der Waals surface area contributed by atoms with Crippen LogP contribution in [0.3, 0.4) is 0 Å². The van der Waals surface area contributed by atoms with E-state index in [4.69, 9.17) is 4.74 Å². The fraction of sp³-hybridized carbons (Fsp3) is 0.438. The molecule has 4 heterocycles. The number of nitrogens with zero attached hydrogens (tertiary/aromatic N) is 4. The molecule has 7 nitrogen and oxygen atoms in total. The molecule has 1 N–H and O–H groups in total. The number of rotatable bonds is 5. The number of hydrogen-bond donors (Lipinski definition) is 1. The molecule has 1 saturated heterocycles. The summed E-state index contributed by atoms with van der Waals surface area (Å²) in [6.45, 7) is 4.90. The molecule has 1 fully saturated rings. The number of amides is 1. The third-order valence-electron chi connectivity index (χ3n) is 4.16. The lowest BCUT2D eigenvalue weighted by atomic mass is 10.2. The van der Waals surface area contributed by atoms with Gasteiger partial charge in [0.25, 0.3) is 0 Å². The highest BCUT2D eigenvalue weighted by Gasteiger charge is 2.22. The third-order valence-corrected chi connectivity index (χ3v) is 7.20. The van der Waals surface area contributed by atoms with Crippen LogP contribution in [-0.2, 0) is 9.53 Å². The van der Waals surface area contributed by atoms with Gasteiger partial charge in [0.05, 0.1) is 5.75 Å². The zero-order valence-corrected chi connectivity index (χ0v) is 16.8. The SMILES string of the molecule is Cc1sc2ncnc(SCC(=O)Nc3nnc(C4CCCO4)s3)c2c1C. The molecule has 0 bridgehead atoms. The molecule has 0 spiro atoms. The lowest BCUT2D eigenvalue weighted by Crippen LogP contribution is -2.14. The van der Waals surface area contributed by atoms with Crippen molar-refractivity contribution in [2.45, 2.75) is 37.8 Å². The van der Waals surface area contributed by atoms with Crippen molar-refractivity contribution in [3.8, 4) is 0 Å². The van der Waals surface area contributed by atoms with Crippen LogP contribution >= 0.6 is 34.4 Å². The Bertz CT molecular complexity index is 949. The number of fused-ring (bicyclic) bond motifs is 1. The van der Waals surface area contributed by atoms with Crippen LogP contribution in [0.2, 0.25) is 0 Å². The highest BCUT2D eigenvalue weighted by atomic mass is 32.2. The fourth-order valence-corrected chi connectivity index (χ4v) is 5.50. The molecule has 10 heteroatoms. The van der Waals surface area contributed by atoms with Crippen molar-refractivity contribution in [1.82, 2.24) is 20.2 Å². The predicted molar refractivity (Wildman–Crippen MR) is 104 cm³/mol. The van der Waals surface area contributed by atoms with Crippen LogP contribution in [0.25, 0.3) is 10.2 Å². The first-order chi connectivity index (χ1) is 12.6. The van der Waals surface area contributed by atoms with Crippen LogP contribution in [0, 0.1) is 13.8 Å². The van der Waals surface area contributed by atoms with E-state index < -0.39 is 0 Å². The third kappa shape index (κ3) is 3.59. The van der Waals surface area contributed by atoms with Crippen molar-refractivity contribution < 1.29 is 9.53 Å². The number of ether oxygens (including phenoxy) is 1. The molecular weight excluding hydrogens is 390 g/mol. The zero-order valence-electron chi connectivity index (χ0n) is 14.3. The number of thiophene rings is 1. The Kier molecular flexibility index (Phi) is 5.16. The summed E-state index contributed by atoms with van der Waals surface area (Å²) in [5.74, 6) is 0.136. The first-order valence-corrected chi connectivity index (χ1v) is 10.8. The Morgan fingerprint density at radius 2 is 2.23 bits per heavy atom. The summed E-state index contributed by atoms with van der Waals surface area (Å²) in [4.78, 5) is 23.1. The average molecular weight is 408 g/mol. The van der Waals surface area contributed by atoms with Crippen molar-refractivity contribution in [3.05, 3.63) is 21.8 Å². The zero-order chi connectivity index (χ0) is 18.1. The first kappa shape index (κ1) is 17.8. The maximum atomic E-state index is 12.3. The minimum atomic E-state index is -0.124. The molecule has 1 aliphatic rings. The second-order valence-electron chi connectivity index (χ2n) is 5.93. The number of carbonyl (C=O) groups is 1. The maximum Gasteiger partial charge on any atom is 0.236 e. The number of carbonyl (C=O) groups excluding carboxylic acids is 1. The van der Waals surface area contributed by atoms with Gasteiger partial charge in [-0.2, -0.15) is 0 Å². The van der Waals surface area contributed by atoms with Crippen LogP contribution < -0.4 is 5.32 Å². The minimum absolute atomic E-state index is 0.0200. The van der Waals surface area contributed by atoms with Crippen LogP contribution in [0.1, 0.15) is 34.4 Å². The molecule has 0 aliphatic carbocycles.